The molecule has 0 amide bonds. The molecule has 3 heteroatoms. The molecule has 0 radical (unpaired) electrons. The second-order valence-electron chi connectivity index (χ2n) is 5.38. The summed E-state index contributed by atoms with van der Waals surface area (Å²) >= 11 is 0. The summed E-state index contributed by atoms with van der Waals surface area (Å²) in [6.07, 6.45) is 9.22. The van der Waals surface area contributed by atoms with Crippen LogP contribution in [0.4, 0.5) is 0 Å². The largest absolute Gasteiger partial charge is 0.153 e. The summed E-state index contributed by atoms with van der Waals surface area (Å²) in [5.74, 6) is 0. The van der Waals surface area contributed by atoms with Crippen molar-refractivity contribution in [3.63, 3.8) is 0 Å². The van der Waals surface area contributed by atoms with Crippen molar-refractivity contribution >= 4 is 35.6 Å². The molecular weight excluding hydrogens is 366 g/mol. The number of fused-ring (bicyclic) bond motifs is 2. The van der Waals surface area contributed by atoms with E-state index >= 15 is 0 Å². The third-order valence-electron chi connectivity index (χ3n) is 4.12. The van der Waals surface area contributed by atoms with Gasteiger partial charge in [0.25, 0.3) is 0 Å². The predicted octanol–water partition coefficient (Wildman–Crippen LogP) is 5.62. The monoisotopic (exact) mass is 387 g/mol. The van der Waals surface area contributed by atoms with Gasteiger partial charge in [-0.15, -0.1) is 59.9 Å². The van der Waals surface area contributed by atoms with E-state index < -0.39 is 0 Å². The quantitative estimate of drug-likeness (QED) is 0.470. The summed E-state index contributed by atoms with van der Waals surface area (Å²) in [5.41, 5.74) is 4.78. The van der Waals surface area contributed by atoms with Crippen molar-refractivity contribution in [3.8, 4) is 0 Å². The Morgan fingerprint density at radius 1 is 1.05 bits per heavy atom. The molecule has 1 aliphatic carbocycles. The SMILES string of the molecule is CCCCCc1c[cH-]c2cc3c(cc12)CCC3.Cl.Cl.[Zr]. The van der Waals surface area contributed by atoms with Gasteiger partial charge in [0.2, 0.25) is 0 Å². The number of rotatable bonds is 4. The van der Waals surface area contributed by atoms with Crippen LogP contribution in [-0.2, 0) is 45.5 Å². The predicted molar refractivity (Wildman–Crippen MR) is 89.3 cm³/mol. The van der Waals surface area contributed by atoms with E-state index in [9.17, 15) is 0 Å². The van der Waals surface area contributed by atoms with Crippen LogP contribution in [0.15, 0.2) is 24.3 Å². The average Bonchev–Trinajstić information content (AvgIpc) is 2.93. The Kier molecular flexibility index (Phi) is 9.48. The molecule has 0 aromatic heterocycles. The average molecular weight is 390 g/mol. The van der Waals surface area contributed by atoms with Crippen molar-refractivity contribution < 1.29 is 26.2 Å². The Hall–Kier alpha value is 0.293. The van der Waals surface area contributed by atoms with Crippen molar-refractivity contribution in [2.24, 2.45) is 0 Å². The van der Waals surface area contributed by atoms with E-state index in [0.29, 0.717) is 0 Å². The van der Waals surface area contributed by atoms with Crippen molar-refractivity contribution in [1.29, 1.82) is 0 Å². The first-order chi connectivity index (χ1) is 8.38. The molecule has 0 atom stereocenters. The van der Waals surface area contributed by atoms with Crippen molar-refractivity contribution in [3.05, 3.63) is 41.0 Å². The Morgan fingerprint density at radius 2 is 1.75 bits per heavy atom. The molecule has 1 aliphatic rings. The summed E-state index contributed by atoms with van der Waals surface area (Å²) < 4.78 is 0. The van der Waals surface area contributed by atoms with Crippen LogP contribution in [0.25, 0.3) is 10.8 Å². The molecule has 0 nitrogen and oxygen atoms in total. The van der Waals surface area contributed by atoms with Crippen LogP contribution in [0.2, 0.25) is 0 Å². The third kappa shape index (κ3) is 4.15. The topological polar surface area (TPSA) is 0 Å². The molecule has 0 heterocycles. The summed E-state index contributed by atoms with van der Waals surface area (Å²) in [6, 6.07) is 9.56. The van der Waals surface area contributed by atoms with Crippen LogP contribution in [0.1, 0.15) is 49.3 Å². The number of hydrogen-bond donors (Lipinski definition) is 0. The summed E-state index contributed by atoms with van der Waals surface area (Å²) in [7, 11) is 0. The fourth-order valence-electron chi connectivity index (χ4n) is 3.12. The first kappa shape index (κ1) is 20.3. The second kappa shape index (κ2) is 9.34. The normalized spacial score (nSPS) is 12.2. The molecule has 110 valence electrons. The van der Waals surface area contributed by atoms with Gasteiger partial charge in [-0.3, -0.25) is 0 Å². The Bertz CT molecular complexity index is 531. The standard InChI is InChI=1S/C17H21.2ClH.Zr/c1-2-3-4-6-13-9-10-16-11-14-7-5-8-15(14)12-17(13)16;;;/h9-12H,2-8H2,1H3;2*1H;/q-1;;;. The molecule has 0 spiro atoms. The van der Waals surface area contributed by atoms with Crippen LogP contribution < -0.4 is 0 Å². The minimum absolute atomic E-state index is 0. The molecule has 0 aliphatic heterocycles. The van der Waals surface area contributed by atoms with Crippen LogP contribution in [0, 0.1) is 0 Å². The van der Waals surface area contributed by atoms with Crippen molar-refractivity contribution in [2.45, 2.75) is 51.9 Å². The van der Waals surface area contributed by atoms with Gasteiger partial charge in [-0.1, -0.05) is 43.7 Å². The Balaban J connectivity index is 0.00000120. The minimum Gasteiger partial charge on any atom is -0.153 e. The number of hydrogen-bond acceptors (Lipinski definition) is 0. The number of benzene rings is 1. The number of unbranched alkanes of at least 4 members (excludes halogenated alkanes) is 2. The molecule has 3 rings (SSSR count). The van der Waals surface area contributed by atoms with E-state index in [1.807, 2.05) is 0 Å². The van der Waals surface area contributed by atoms with Gasteiger partial charge in [0.1, 0.15) is 0 Å². The second-order valence-corrected chi connectivity index (χ2v) is 5.38. The number of aryl methyl sites for hydroxylation is 3. The smallest absolute Gasteiger partial charge is 0 e. The van der Waals surface area contributed by atoms with E-state index in [4.69, 9.17) is 0 Å². The van der Waals surface area contributed by atoms with Gasteiger partial charge in [-0.2, -0.15) is 5.56 Å². The van der Waals surface area contributed by atoms with Gasteiger partial charge < -0.3 is 0 Å². The molecule has 0 unspecified atom stereocenters. The van der Waals surface area contributed by atoms with Gasteiger partial charge in [0, 0.05) is 26.2 Å². The van der Waals surface area contributed by atoms with Crippen LogP contribution >= 0.6 is 24.8 Å². The van der Waals surface area contributed by atoms with Gasteiger partial charge in [-0.05, 0) is 19.3 Å². The molecule has 0 saturated heterocycles. The fraction of sp³-hybridized carbons (Fsp3) is 0.471. The molecular formula is C17H23Cl2Zr-. The first-order valence-corrected chi connectivity index (χ1v) is 7.08. The van der Waals surface area contributed by atoms with Crippen LogP contribution in [0.3, 0.4) is 0 Å². The third-order valence-corrected chi connectivity index (χ3v) is 4.12. The molecule has 0 saturated carbocycles. The molecule has 0 bridgehead atoms. The fourth-order valence-corrected chi connectivity index (χ4v) is 3.12. The number of halogens is 2. The Morgan fingerprint density at radius 3 is 2.45 bits per heavy atom. The molecule has 0 N–H and O–H groups in total. The van der Waals surface area contributed by atoms with Crippen LogP contribution in [0.5, 0.6) is 0 Å². The maximum atomic E-state index is 2.47. The molecule has 0 fully saturated rings. The van der Waals surface area contributed by atoms with E-state index in [-0.39, 0.29) is 51.0 Å². The van der Waals surface area contributed by atoms with E-state index in [2.05, 4.69) is 31.2 Å². The maximum Gasteiger partial charge on any atom is 0 e. The van der Waals surface area contributed by atoms with Crippen LogP contribution in [-0.4, -0.2) is 0 Å². The summed E-state index contributed by atoms with van der Waals surface area (Å²) in [5, 5.41) is 3.00. The van der Waals surface area contributed by atoms with E-state index in [1.54, 1.807) is 16.7 Å². The minimum atomic E-state index is 0. The van der Waals surface area contributed by atoms with Gasteiger partial charge in [0.05, 0.1) is 0 Å². The zero-order chi connectivity index (χ0) is 11.7. The van der Waals surface area contributed by atoms with Gasteiger partial charge >= 0.3 is 0 Å². The first-order valence-electron chi connectivity index (χ1n) is 7.08. The summed E-state index contributed by atoms with van der Waals surface area (Å²) in [4.78, 5) is 0. The van der Waals surface area contributed by atoms with Crippen molar-refractivity contribution in [2.75, 3.05) is 0 Å². The maximum absolute atomic E-state index is 2.47. The van der Waals surface area contributed by atoms with Gasteiger partial charge in [-0.25, -0.2) is 0 Å². The van der Waals surface area contributed by atoms with E-state index in [1.165, 1.54) is 55.7 Å². The Labute approximate surface area is 154 Å². The zero-order valence-corrected chi connectivity index (χ0v) is 16.2. The van der Waals surface area contributed by atoms with Gasteiger partial charge in [0.15, 0.2) is 0 Å². The summed E-state index contributed by atoms with van der Waals surface area (Å²) in [6.45, 7) is 2.27. The zero-order valence-electron chi connectivity index (χ0n) is 12.1. The molecule has 2 aromatic rings. The molecule has 2 aromatic carbocycles. The van der Waals surface area contributed by atoms with E-state index in [0.717, 1.165) is 0 Å². The van der Waals surface area contributed by atoms with Crippen molar-refractivity contribution in [1.82, 2.24) is 0 Å². The molecule has 20 heavy (non-hydrogen) atoms.